The molecule has 224 valence electrons. The second kappa shape index (κ2) is 11.4. The number of hydrogen-bond donors (Lipinski definition) is 7. The topological polar surface area (TPSA) is 150 Å². The molecule has 2 unspecified atom stereocenters. The summed E-state index contributed by atoms with van der Waals surface area (Å²) in [6.07, 6.45) is 10.5. The lowest BCUT2D eigenvalue weighted by molar-refractivity contribution is -0.138. The van der Waals surface area contributed by atoms with Crippen molar-refractivity contribution in [2.24, 2.45) is 11.8 Å². The van der Waals surface area contributed by atoms with Crippen LogP contribution in [0, 0.1) is 25.7 Å². The molecule has 0 saturated carbocycles. The molecule has 2 aromatic rings. The third kappa shape index (κ3) is 5.50. The van der Waals surface area contributed by atoms with E-state index >= 15 is 0 Å². The maximum Gasteiger partial charge on any atom is 0.303 e. The molecule has 0 spiro atoms. The van der Waals surface area contributed by atoms with Crippen LogP contribution < -0.4 is 21.3 Å². The van der Waals surface area contributed by atoms with Crippen molar-refractivity contribution in [3.63, 3.8) is 0 Å². The minimum absolute atomic E-state index is 0.0213. The second-order valence-corrected chi connectivity index (χ2v) is 11.5. The molecule has 0 aromatic carbocycles. The van der Waals surface area contributed by atoms with Crippen LogP contribution in [-0.2, 0) is 22.4 Å². The first-order chi connectivity index (χ1) is 20.4. The lowest BCUT2D eigenvalue weighted by Crippen LogP contribution is -2.16. The third-order valence-electron chi connectivity index (χ3n) is 8.78. The van der Waals surface area contributed by atoms with Gasteiger partial charge in [-0.3, -0.25) is 9.59 Å². The van der Waals surface area contributed by atoms with Crippen molar-refractivity contribution in [3.8, 4) is 0 Å². The van der Waals surface area contributed by atoms with Gasteiger partial charge >= 0.3 is 11.9 Å². The van der Waals surface area contributed by atoms with E-state index in [4.69, 9.17) is 0 Å². The van der Waals surface area contributed by atoms with Crippen molar-refractivity contribution < 1.29 is 24.9 Å². The molecule has 9 heteroatoms. The predicted octanol–water partition coefficient (Wildman–Crippen LogP) is 4.09. The molecule has 0 saturated heterocycles. The minimum Gasteiger partial charge on any atom is -0.512 e. The summed E-state index contributed by atoms with van der Waals surface area (Å²) in [6.45, 7) is 15.9. The van der Waals surface area contributed by atoms with E-state index in [-0.39, 0.29) is 24.5 Å². The highest BCUT2D eigenvalue weighted by atomic mass is 16.4. The molecule has 9 nitrogen and oxygen atoms in total. The Hall–Kier alpha value is -4.92. The number of carbonyl (C=O) groups is 2. The summed E-state index contributed by atoms with van der Waals surface area (Å²) >= 11 is 0. The van der Waals surface area contributed by atoms with Crippen LogP contribution in [0.5, 0.6) is 0 Å². The standard InChI is InChI=1S/C34H38N4O5/c1-7-21-16(2)26-14-31-34(20(6)39)19(5)27(38-31)12-24-17(3)22(8-10-32(40)41)29(36-24)15-30-23(9-11-33(42)43)18(4)25(37-30)13-28(21)35-26/h7,12-15,21,34-39H,1,6,8-11H2,2-5H3,(H,40,41)(H,42,43)/b24-12-,28-13-,29-15-,31-14-. The Balaban J connectivity index is 1.83. The summed E-state index contributed by atoms with van der Waals surface area (Å²) < 4.78 is 0. The van der Waals surface area contributed by atoms with Crippen LogP contribution in [0.4, 0.5) is 0 Å². The molecule has 7 N–H and O–H groups in total. The van der Waals surface area contributed by atoms with Gasteiger partial charge < -0.3 is 35.9 Å². The number of aliphatic hydroxyl groups excluding tert-OH is 1. The number of carboxylic acid groups (broad SMARTS) is 2. The van der Waals surface area contributed by atoms with Gasteiger partial charge in [0.05, 0.1) is 11.7 Å². The van der Waals surface area contributed by atoms with Gasteiger partial charge in [0.1, 0.15) is 0 Å². The molecule has 3 aliphatic heterocycles. The fraction of sp³-hybridized carbons (Fsp3) is 0.294. The Morgan fingerprint density at radius 2 is 1.40 bits per heavy atom. The van der Waals surface area contributed by atoms with Crippen molar-refractivity contribution >= 4 is 30.2 Å². The molecule has 2 aromatic heterocycles. The summed E-state index contributed by atoms with van der Waals surface area (Å²) in [6, 6.07) is 0. The van der Waals surface area contributed by atoms with Crippen molar-refractivity contribution in [2.75, 3.05) is 0 Å². The number of aliphatic hydroxyl groups is 1. The van der Waals surface area contributed by atoms with E-state index in [1.807, 2.05) is 58.1 Å². The number of aromatic amines is 2. The van der Waals surface area contributed by atoms with Crippen molar-refractivity contribution in [1.29, 1.82) is 0 Å². The van der Waals surface area contributed by atoms with Crippen LogP contribution in [0.2, 0.25) is 0 Å². The smallest absolute Gasteiger partial charge is 0.303 e. The van der Waals surface area contributed by atoms with Gasteiger partial charge in [0.2, 0.25) is 0 Å². The lowest BCUT2D eigenvalue weighted by atomic mass is 9.95. The first kappa shape index (κ1) is 29.6. The zero-order valence-electron chi connectivity index (χ0n) is 24.9. The number of rotatable bonds is 8. The number of allylic oxidation sites excluding steroid dienone is 3. The zero-order valence-corrected chi connectivity index (χ0v) is 24.9. The first-order valence-corrected chi connectivity index (χ1v) is 14.3. The van der Waals surface area contributed by atoms with Gasteiger partial charge in [-0.25, -0.2) is 0 Å². The van der Waals surface area contributed by atoms with Gasteiger partial charge in [-0.15, -0.1) is 6.58 Å². The van der Waals surface area contributed by atoms with E-state index in [0.717, 1.165) is 78.3 Å². The molecule has 5 heterocycles. The Labute approximate surface area is 250 Å². The van der Waals surface area contributed by atoms with E-state index < -0.39 is 17.9 Å². The van der Waals surface area contributed by atoms with Crippen LogP contribution in [0.25, 0.3) is 18.2 Å². The van der Waals surface area contributed by atoms with E-state index in [0.29, 0.717) is 12.8 Å². The predicted molar refractivity (Wildman–Crippen MR) is 167 cm³/mol. The molecular formula is C34H38N4O5. The maximum absolute atomic E-state index is 11.5. The summed E-state index contributed by atoms with van der Waals surface area (Å²) in [4.78, 5) is 30.1. The molecular weight excluding hydrogens is 544 g/mol. The summed E-state index contributed by atoms with van der Waals surface area (Å²) in [5, 5.41) is 38.2. The van der Waals surface area contributed by atoms with Gasteiger partial charge in [0.15, 0.2) is 0 Å². The van der Waals surface area contributed by atoms with Gasteiger partial charge in [-0.05, 0) is 98.2 Å². The zero-order chi connectivity index (χ0) is 31.2. The fourth-order valence-electron chi connectivity index (χ4n) is 6.33. The van der Waals surface area contributed by atoms with Crippen LogP contribution >= 0.6 is 0 Å². The molecule has 5 rings (SSSR count). The van der Waals surface area contributed by atoms with Gasteiger partial charge in [-0.1, -0.05) is 12.7 Å². The highest BCUT2D eigenvalue weighted by molar-refractivity contribution is 5.70. The fourth-order valence-corrected chi connectivity index (χ4v) is 6.33. The monoisotopic (exact) mass is 582 g/mol. The minimum atomic E-state index is -0.888. The second-order valence-electron chi connectivity index (χ2n) is 11.5. The number of nitrogens with one attached hydrogen (secondary N) is 4. The Morgan fingerprint density at radius 3 is 2.02 bits per heavy atom. The first-order valence-electron chi connectivity index (χ1n) is 14.3. The Bertz CT molecular complexity index is 1830. The molecule has 0 aliphatic carbocycles. The van der Waals surface area contributed by atoms with Crippen LogP contribution in [0.3, 0.4) is 0 Å². The number of hydrogen-bond acceptors (Lipinski definition) is 5. The van der Waals surface area contributed by atoms with Gasteiger partial charge in [0, 0.05) is 63.6 Å². The average Bonchev–Trinajstić information content (AvgIpc) is 3.59. The number of H-pyrrole nitrogens is 2. The van der Waals surface area contributed by atoms with Crippen LogP contribution in [-0.4, -0.2) is 37.2 Å². The van der Waals surface area contributed by atoms with Crippen molar-refractivity contribution in [2.45, 2.75) is 53.4 Å². The van der Waals surface area contributed by atoms with E-state index in [9.17, 15) is 24.9 Å². The summed E-state index contributed by atoms with van der Waals surface area (Å²) in [7, 11) is 0. The lowest BCUT2D eigenvalue weighted by Gasteiger charge is -2.13. The average molecular weight is 583 g/mol. The summed E-state index contributed by atoms with van der Waals surface area (Å²) in [5.41, 5.74) is 10.6. The van der Waals surface area contributed by atoms with Crippen molar-refractivity contribution in [1.82, 2.24) is 20.6 Å². The summed E-state index contributed by atoms with van der Waals surface area (Å²) in [5.74, 6) is -2.23. The SMILES string of the molecule is C=CC1C(C)=C2/C=C3\NC(=C(C)C3C(=C)O)/C=c3\[nH]/c(c(CCC(=O)O)c3C)=C\c3[nH]c(c(C)c3CCC(=O)O)/C=C/1N2. The molecule has 2 atom stereocenters. The molecule has 0 radical (unpaired) electrons. The van der Waals surface area contributed by atoms with Gasteiger partial charge in [0.25, 0.3) is 0 Å². The molecule has 0 fully saturated rings. The number of aromatic nitrogens is 2. The molecule has 3 aliphatic rings. The Kier molecular flexibility index (Phi) is 7.84. The third-order valence-corrected chi connectivity index (χ3v) is 8.78. The maximum atomic E-state index is 11.5. The van der Waals surface area contributed by atoms with E-state index in [2.05, 4.69) is 33.8 Å². The van der Waals surface area contributed by atoms with Crippen LogP contribution in [0.1, 0.15) is 60.3 Å². The van der Waals surface area contributed by atoms with Gasteiger partial charge in [-0.2, -0.15) is 0 Å². The quantitative estimate of drug-likeness (QED) is 0.183. The molecule has 8 bridgehead atoms. The number of carboxylic acids is 2. The number of fused-ring (bicyclic) bond motifs is 8. The number of aliphatic carboxylic acids is 2. The largest absolute Gasteiger partial charge is 0.512 e. The van der Waals surface area contributed by atoms with Crippen molar-refractivity contribution in [3.05, 3.63) is 109 Å². The molecule has 0 amide bonds. The van der Waals surface area contributed by atoms with E-state index in [1.54, 1.807) is 0 Å². The van der Waals surface area contributed by atoms with E-state index in [1.165, 1.54) is 0 Å². The van der Waals surface area contributed by atoms with Crippen LogP contribution in [0.15, 0.2) is 65.0 Å². The normalized spacial score (nSPS) is 23.2. The Morgan fingerprint density at radius 1 is 0.767 bits per heavy atom. The highest BCUT2D eigenvalue weighted by Crippen LogP contribution is 2.37. The molecule has 43 heavy (non-hydrogen) atoms. The highest BCUT2D eigenvalue weighted by Gasteiger charge is 2.31.